The van der Waals surface area contributed by atoms with Crippen LogP contribution in [0.3, 0.4) is 0 Å². The van der Waals surface area contributed by atoms with Gasteiger partial charge >= 0.3 is 0 Å². The normalized spacial score (nSPS) is 20.7. The number of allylic oxidation sites excluding steroid dienone is 1. The van der Waals surface area contributed by atoms with Crippen LogP contribution in [0.5, 0.6) is 0 Å². The van der Waals surface area contributed by atoms with Crippen LogP contribution in [0, 0.1) is 5.92 Å². The van der Waals surface area contributed by atoms with Gasteiger partial charge in [0.25, 0.3) is 0 Å². The summed E-state index contributed by atoms with van der Waals surface area (Å²) in [7, 11) is 1.64. The van der Waals surface area contributed by atoms with Crippen LogP contribution >= 0.6 is 0 Å². The van der Waals surface area contributed by atoms with Crippen LogP contribution in [0.15, 0.2) is 42.5 Å². The van der Waals surface area contributed by atoms with E-state index < -0.39 is 0 Å². The second-order valence-electron chi connectivity index (χ2n) is 6.53. The summed E-state index contributed by atoms with van der Waals surface area (Å²) in [5, 5.41) is 0. The molecule has 1 aliphatic rings. The molecule has 1 aromatic carbocycles. The van der Waals surface area contributed by atoms with E-state index in [1.54, 1.807) is 7.11 Å². The molecule has 1 aromatic rings. The Morgan fingerprint density at radius 1 is 1.16 bits per heavy atom. The van der Waals surface area contributed by atoms with Crippen molar-refractivity contribution in [1.29, 1.82) is 0 Å². The van der Waals surface area contributed by atoms with Crippen LogP contribution in [-0.4, -0.2) is 39.0 Å². The summed E-state index contributed by atoms with van der Waals surface area (Å²) in [6, 6.07) is 10.3. The van der Waals surface area contributed by atoms with E-state index in [1.165, 1.54) is 5.56 Å². The fraction of sp³-hybridized carbons (Fsp3) is 0.571. The van der Waals surface area contributed by atoms with Gasteiger partial charge in [0.05, 0.1) is 19.3 Å². The number of carbonyl (C=O) groups excluding carboxylic acids is 1. The van der Waals surface area contributed by atoms with Crippen molar-refractivity contribution in [2.45, 2.75) is 44.6 Å². The summed E-state index contributed by atoms with van der Waals surface area (Å²) in [6.45, 7) is 3.32. The van der Waals surface area contributed by atoms with Crippen molar-refractivity contribution in [3.63, 3.8) is 0 Å². The van der Waals surface area contributed by atoms with Gasteiger partial charge in [0.2, 0.25) is 0 Å². The second-order valence-corrected chi connectivity index (χ2v) is 6.53. The van der Waals surface area contributed by atoms with E-state index in [2.05, 4.69) is 18.2 Å². The Morgan fingerprint density at radius 2 is 1.96 bits per heavy atom. The van der Waals surface area contributed by atoms with Gasteiger partial charge < -0.3 is 14.2 Å². The molecule has 1 aliphatic carbocycles. The Hall–Kier alpha value is -1.49. The molecule has 138 valence electrons. The molecule has 0 heterocycles. The Morgan fingerprint density at radius 3 is 2.68 bits per heavy atom. The summed E-state index contributed by atoms with van der Waals surface area (Å²) in [4.78, 5) is 12.4. The molecule has 4 nitrogen and oxygen atoms in total. The van der Waals surface area contributed by atoms with Crippen molar-refractivity contribution >= 4 is 5.78 Å². The average Bonchev–Trinajstić information content (AvgIpc) is 2.64. The lowest BCUT2D eigenvalue weighted by atomic mass is 9.76. The van der Waals surface area contributed by atoms with Gasteiger partial charge in [-0.25, -0.2) is 0 Å². The Bertz CT molecular complexity index is 526. The molecule has 0 saturated heterocycles. The molecular formula is C21H30O4. The Balaban J connectivity index is 1.97. The number of hydrogen-bond donors (Lipinski definition) is 0. The second kappa shape index (κ2) is 11.2. The number of ether oxygens (including phenoxy) is 3. The predicted molar refractivity (Wildman–Crippen MR) is 98.5 cm³/mol. The Labute approximate surface area is 151 Å². The van der Waals surface area contributed by atoms with E-state index >= 15 is 0 Å². The molecule has 0 aliphatic heterocycles. The van der Waals surface area contributed by atoms with E-state index in [0.29, 0.717) is 25.4 Å². The number of benzene rings is 1. The first-order chi connectivity index (χ1) is 12.2. The number of Topliss-reactive ketones (excluding diaryl/α,β-unsaturated/α-hetero) is 1. The van der Waals surface area contributed by atoms with Crippen molar-refractivity contribution in [3.05, 3.63) is 48.0 Å². The molecule has 1 fully saturated rings. The van der Waals surface area contributed by atoms with E-state index in [1.807, 2.05) is 31.2 Å². The molecule has 0 bridgehead atoms. The highest BCUT2D eigenvalue weighted by Gasteiger charge is 2.29. The van der Waals surface area contributed by atoms with Crippen LogP contribution in [0.2, 0.25) is 0 Å². The van der Waals surface area contributed by atoms with Gasteiger partial charge in [0.1, 0.15) is 12.6 Å². The first-order valence-electron chi connectivity index (χ1n) is 9.16. The minimum absolute atomic E-state index is 0.0625. The van der Waals surface area contributed by atoms with E-state index in [0.717, 1.165) is 19.3 Å². The quantitative estimate of drug-likeness (QED) is 0.363. The van der Waals surface area contributed by atoms with Crippen molar-refractivity contribution in [3.8, 4) is 0 Å². The maximum Gasteiger partial charge on any atom is 0.147 e. The number of rotatable bonds is 10. The van der Waals surface area contributed by atoms with E-state index in [4.69, 9.17) is 14.2 Å². The summed E-state index contributed by atoms with van der Waals surface area (Å²) < 4.78 is 15.9. The molecule has 0 amide bonds. The zero-order valence-electron chi connectivity index (χ0n) is 15.4. The molecule has 0 spiro atoms. The monoisotopic (exact) mass is 346 g/mol. The molecule has 0 unspecified atom stereocenters. The van der Waals surface area contributed by atoms with E-state index in [-0.39, 0.29) is 24.7 Å². The molecule has 2 rings (SSSR count). The van der Waals surface area contributed by atoms with Crippen molar-refractivity contribution < 1.29 is 19.0 Å². The first kappa shape index (κ1) is 19.8. The molecule has 1 saturated carbocycles. The highest BCUT2D eigenvalue weighted by Crippen LogP contribution is 2.35. The number of carbonyl (C=O) groups is 1. The van der Waals surface area contributed by atoms with Gasteiger partial charge in [-0.1, -0.05) is 48.9 Å². The number of ketones is 1. The van der Waals surface area contributed by atoms with Crippen LogP contribution < -0.4 is 0 Å². The third-order valence-electron chi connectivity index (χ3n) is 4.66. The molecule has 0 aromatic heterocycles. The fourth-order valence-corrected chi connectivity index (χ4v) is 3.23. The average molecular weight is 346 g/mol. The van der Waals surface area contributed by atoms with Gasteiger partial charge in [-0.15, -0.1) is 0 Å². The fourth-order valence-electron chi connectivity index (χ4n) is 3.23. The lowest BCUT2D eigenvalue weighted by Gasteiger charge is -2.27. The summed E-state index contributed by atoms with van der Waals surface area (Å²) in [5.74, 6) is 0.591. The van der Waals surface area contributed by atoms with Crippen molar-refractivity contribution in [2.24, 2.45) is 5.92 Å². The molecular weight excluding hydrogens is 316 g/mol. The Kier molecular flexibility index (Phi) is 8.87. The van der Waals surface area contributed by atoms with Gasteiger partial charge in [-0.05, 0) is 25.3 Å². The zero-order chi connectivity index (χ0) is 17.9. The third kappa shape index (κ3) is 6.73. The van der Waals surface area contributed by atoms with Crippen LogP contribution in [0.25, 0.3) is 0 Å². The topological polar surface area (TPSA) is 44.8 Å². The molecule has 25 heavy (non-hydrogen) atoms. The van der Waals surface area contributed by atoms with Crippen LogP contribution in [0.1, 0.15) is 44.1 Å². The SMILES string of the molecule is COCCOCO[C@@H](C)/C=C/[C@@H](c1ccccc1)[C@@H]1CCCCC1=O. The molecule has 3 atom stereocenters. The predicted octanol–water partition coefficient (Wildman–Crippen LogP) is 4.11. The lowest BCUT2D eigenvalue weighted by molar-refractivity contribution is -0.124. The largest absolute Gasteiger partial charge is 0.382 e. The minimum Gasteiger partial charge on any atom is -0.382 e. The highest BCUT2D eigenvalue weighted by atomic mass is 16.7. The lowest BCUT2D eigenvalue weighted by Crippen LogP contribution is -2.25. The summed E-state index contributed by atoms with van der Waals surface area (Å²) in [6.07, 6.45) is 7.96. The van der Waals surface area contributed by atoms with Crippen molar-refractivity contribution in [2.75, 3.05) is 27.1 Å². The van der Waals surface area contributed by atoms with Gasteiger partial charge in [-0.3, -0.25) is 4.79 Å². The zero-order valence-corrected chi connectivity index (χ0v) is 15.4. The summed E-state index contributed by atoms with van der Waals surface area (Å²) >= 11 is 0. The van der Waals surface area contributed by atoms with Gasteiger partial charge in [0.15, 0.2) is 0 Å². The first-order valence-corrected chi connectivity index (χ1v) is 9.16. The van der Waals surface area contributed by atoms with Gasteiger partial charge in [0, 0.05) is 25.4 Å². The van der Waals surface area contributed by atoms with Crippen molar-refractivity contribution in [1.82, 2.24) is 0 Å². The summed E-state index contributed by atoms with van der Waals surface area (Å²) in [5.41, 5.74) is 1.20. The third-order valence-corrected chi connectivity index (χ3v) is 4.66. The molecule has 4 heteroatoms. The van der Waals surface area contributed by atoms with Crippen LogP contribution in [0.4, 0.5) is 0 Å². The van der Waals surface area contributed by atoms with Crippen LogP contribution in [-0.2, 0) is 19.0 Å². The maximum absolute atomic E-state index is 12.4. The number of methoxy groups -OCH3 is 1. The number of hydrogen-bond acceptors (Lipinski definition) is 4. The maximum atomic E-state index is 12.4. The highest BCUT2D eigenvalue weighted by molar-refractivity contribution is 5.83. The standard InChI is InChI=1S/C21H30O4/c1-17(25-16-24-15-14-23-2)12-13-19(18-8-4-3-5-9-18)20-10-6-7-11-21(20)22/h3-5,8-9,12-13,17,19-20H,6-7,10-11,14-16H2,1-2H3/b13-12+/t17-,19-,20-/m0/s1. The van der Waals surface area contributed by atoms with Gasteiger partial charge in [-0.2, -0.15) is 0 Å². The van der Waals surface area contributed by atoms with E-state index in [9.17, 15) is 4.79 Å². The molecule has 0 radical (unpaired) electrons. The molecule has 0 N–H and O–H groups in total. The smallest absolute Gasteiger partial charge is 0.147 e. The minimum atomic E-state index is -0.0625.